The van der Waals surface area contributed by atoms with Gasteiger partial charge >= 0.3 is 5.97 Å². The number of carboxylic acids is 1. The molecule has 4 nitrogen and oxygen atoms in total. The number of carbonyl (C=O) groups excluding carboxylic acids is 1. The molecule has 0 aliphatic heterocycles. The Balaban J connectivity index is 2.06. The van der Waals surface area contributed by atoms with E-state index in [2.05, 4.69) is 12.2 Å². The number of amides is 1. The lowest BCUT2D eigenvalue weighted by Gasteiger charge is -2.38. The Morgan fingerprint density at radius 2 is 1.89 bits per heavy atom. The van der Waals surface area contributed by atoms with E-state index in [4.69, 9.17) is 5.11 Å². The van der Waals surface area contributed by atoms with Crippen molar-refractivity contribution >= 4 is 11.9 Å². The summed E-state index contributed by atoms with van der Waals surface area (Å²) in [7, 11) is 0. The quantitative estimate of drug-likeness (QED) is 0.858. The van der Waals surface area contributed by atoms with Crippen molar-refractivity contribution in [3.05, 3.63) is 35.4 Å². The second-order valence-electron chi connectivity index (χ2n) is 5.20. The predicted octanol–water partition coefficient (Wildman–Crippen LogP) is 2.30. The lowest BCUT2D eigenvalue weighted by Crippen LogP contribution is -2.40. The van der Waals surface area contributed by atoms with Gasteiger partial charge in [0.1, 0.15) is 0 Å². The molecule has 1 saturated carbocycles. The van der Waals surface area contributed by atoms with Crippen LogP contribution in [0.5, 0.6) is 0 Å². The van der Waals surface area contributed by atoms with Crippen LogP contribution >= 0.6 is 0 Å². The maximum absolute atomic E-state index is 12.0. The van der Waals surface area contributed by atoms with Gasteiger partial charge in [0, 0.05) is 6.54 Å². The molecule has 0 heterocycles. The van der Waals surface area contributed by atoms with Gasteiger partial charge in [-0.15, -0.1) is 0 Å². The third-order valence-corrected chi connectivity index (χ3v) is 3.64. The van der Waals surface area contributed by atoms with Gasteiger partial charge in [-0.3, -0.25) is 4.79 Å². The summed E-state index contributed by atoms with van der Waals surface area (Å²) >= 11 is 0. The van der Waals surface area contributed by atoms with E-state index in [1.807, 2.05) is 0 Å². The minimum absolute atomic E-state index is 0.0498. The number of carbonyl (C=O) groups is 2. The van der Waals surface area contributed by atoms with Gasteiger partial charge < -0.3 is 10.4 Å². The molecule has 1 aromatic carbocycles. The van der Waals surface area contributed by atoms with Crippen molar-refractivity contribution < 1.29 is 14.7 Å². The first-order chi connectivity index (χ1) is 8.52. The standard InChI is InChI=1S/C14H17NO3/c1-14(7-4-8-14)9-15-12(16)10-5-2-3-6-11(10)13(17)18/h2-3,5-6H,4,7-9H2,1H3,(H,15,16)(H,17,18). The molecule has 0 aromatic heterocycles. The molecule has 0 atom stereocenters. The van der Waals surface area contributed by atoms with E-state index in [9.17, 15) is 9.59 Å². The van der Waals surface area contributed by atoms with Gasteiger partial charge in [-0.1, -0.05) is 25.5 Å². The molecule has 0 spiro atoms. The molecule has 2 N–H and O–H groups in total. The maximum Gasteiger partial charge on any atom is 0.336 e. The van der Waals surface area contributed by atoms with Gasteiger partial charge in [0.25, 0.3) is 5.91 Å². The Labute approximate surface area is 106 Å². The third kappa shape index (κ3) is 2.53. The summed E-state index contributed by atoms with van der Waals surface area (Å²) in [5.74, 6) is -1.38. The van der Waals surface area contributed by atoms with Crippen LogP contribution in [0.4, 0.5) is 0 Å². The predicted molar refractivity (Wildman–Crippen MR) is 67.7 cm³/mol. The fourth-order valence-electron chi connectivity index (χ4n) is 2.21. The molecule has 1 fully saturated rings. The first-order valence-electron chi connectivity index (χ1n) is 6.12. The summed E-state index contributed by atoms with van der Waals surface area (Å²) in [5, 5.41) is 11.9. The monoisotopic (exact) mass is 247 g/mol. The Bertz CT molecular complexity index is 478. The largest absolute Gasteiger partial charge is 0.478 e. The number of aromatic carboxylic acids is 1. The average Bonchev–Trinajstić information content (AvgIpc) is 2.33. The van der Waals surface area contributed by atoms with Crippen LogP contribution in [0.3, 0.4) is 0 Å². The van der Waals surface area contributed by atoms with E-state index in [1.165, 1.54) is 12.5 Å². The van der Waals surface area contributed by atoms with Gasteiger partial charge in [-0.2, -0.15) is 0 Å². The number of benzene rings is 1. The highest BCUT2D eigenvalue weighted by Crippen LogP contribution is 2.39. The smallest absolute Gasteiger partial charge is 0.336 e. The minimum Gasteiger partial charge on any atom is -0.478 e. The molecule has 0 radical (unpaired) electrons. The van der Waals surface area contributed by atoms with Gasteiger partial charge in [0.2, 0.25) is 0 Å². The summed E-state index contributed by atoms with van der Waals surface area (Å²) in [6, 6.07) is 6.28. The fourth-order valence-corrected chi connectivity index (χ4v) is 2.21. The van der Waals surface area contributed by atoms with E-state index in [-0.39, 0.29) is 22.4 Å². The van der Waals surface area contributed by atoms with Crippen LogP contribution in [0.15, 0.2) is 24.3 Å². The highest BCUT2D eigenvalue weighted by atomic mass is 16.4. The van der Waals surface area contributed by atoms with Crippen LogP contribution in [0.2, 0.25) is 0 Å². The van der Waals surface area contributed by atoms with E-state index in [0.717, 1.165) is 12.8 Å². The van der Waals surface area contributed by atoms with Gasteiger partial charge in [0.15, 0.2) is 0 Å². The van der Waals surface area contributed by atoms with Crippen molar-refractivity contribution in [1.29, 1.82) is 0 Å². The SMILES string of the molecule is CC1(CNC(=O)c2ccccc2C(=O)O)CCC1. The molecule has 2 rings (SSSR count). The highest BCUT2D eigenvalue weighted by molar-refractivity contribution is 6.04. The maximum atomic E-state index is 12.0. The summed E-state index contributed by atoms with van der Waals surface area (Å²) in [6.07, 6.45) is 3.44. The fraction of sp³-hybridized carbons (Fsp3) is 0.429. The first kappa shape index (κ1) is 12.6. The molecule has 0 bridgehead atoms. The molecule has 18 heavy (non-hydrogen) atoms. The average molecular weight is 247 g/mol. The summed E-state index contributed by atoms with van der Waals surface area (Å²) in [4.78, 5) is 23.0. The number of hydrogen-bond acceptors (Lipinski definition) is 2. The molecule has 96 valence electrons. The van der Waals surface area contributed by atoms with E-state index in [0.29, 0.717) is 6.54 Å². The van der Waals surface area contributed by atoms with Crippen LogP contribution in [0.1, 0.15) is 46.9 Å². The molecule has 4 heteroatoms. The lowest BCUT2D eigenvalue weighted by atomic mass is 9.70. The minimum atomic E-state index is -1.07. The Morgan fingerprint density at radius 3 is 2.39 bits per heavy atom. The Morgan fingerprint density at radius 1 is 1.28 bits per heavy atom. The van der Waals surface area contributed by atoms with Crippen molar-refractivity contribution in [2.75, 3.05) is 6.54 Å². The zero-order valence-electron chi connectivity index (χ0n) is 10.4. The molecule has 0 unspecified atom stereocenters. The molecule has 1 aliphatic carbocycles. The van der Waals surface area contributed by atoms with E-state index >= 15 is 0 Å². The number of nitrogens with one attached hydrogen (secondary N) is 1. The van der Waals surface area contributed by atoms with Crippen molar-refractivity contribution in [2.24, 2.45) is 5.41 Å². The van der Waals surface area contributed by atoms with Crippen LogP contribution < -0.4 is 5.32 Å². The molecule has 1 amide bonds. The van der Waals surface area contributed by atoms with Gasteiger partial charge in [-0.05, 0) is 30.4 Å². The number of hydrogen-bond donors (Lipinski definition) is 2. The van der Waals surface area contributed by atoms with Gasteiger partial charge in [0.05, 0.1) is 11.1 Å². The molecule has 1 aliphatic rings. The molecular weight excluding hydrogens is 230 g/mol. The van der Waals surface area contributed by atoms with E-state index < -0.39 is 5.97 Å². The van der Waals surface area contributed by atoms with Crippen LogP contribution in [-0.4, -0.2) is 23.5 Å². The van der Waals surface area contributed by atoms with Crippen LogP contribution in [-0.2, 0) is 0 Å². The molecule has 0 saturated heterocycles. The summed E-state index contributed by atoms with van der Waals surface area (Å²) < 4.78 is 0. The summed E-state index contributed by atoms with van der Waals surface area (Å²) in [6.45, 7) is 2.75. The van der Waals surface area contributed by atoms with Crippen LogP contribution in [0.25, 0.3) is 0 Å². The second-order valence-corrected chi connectivity index (χ2v) is 5.20. The third-order valence-electron chi connectivity index (χ3n) is 3.64. The van der Waals surface area contributed by atoms with Crippen LogP contribution in [0, 0.1) is 5.41 Å². The molecule has 1 aromatic rings. The number of rotatable bonds is 4. The topological polar surface area (TPSA) is 66.4 Å². The first-order valence-corrected chi connectivity index (χ1v) is 6.12. The zero-order chi connectivity index (χ0) is 13.2. The second kappa shape index (κ2) is 4.80. The molecular formula is C14H17NO3. The van der Waals surface area contributed by atoms with Crippen molar-refractivity contribution in [2.45, 2.75) is 26.2 Å². The van der Waals surface area contributed by atoms with Crippen molar-refractivity contribution in [1.82, 2.24) is 5.32 Å². The normalized spacial score (nSPS) is 16.7. The van der Waals surface area contributed by atoms with Gasteiger partial charge in [-0.25, -0.2) is 4.79 Å². The van der Waals surface area contributed by atoms with Crippen molar-refractivity contribution in [3.63, 3.8) is 0 Å². The van der Waals surface area contributed by atoms with E-state index in [1.54, 1.807) is 18.2 Å². The highest BCUT2D eigenvalue weighted by Gasteiger charge is 2.32. The Hall–Kier alpha value is -1.84. The number of carboxylic acid groups (broad SMARTS) is 1. The summed E-state index contributed by atoms with van der Waals surface area (Å²) in [5.41, 5.74) is 0.468. The zero-order valence-corrected chi connectivity index (χ0v) is 10.4. The lowest BCUT2D eigenvalue weighted by molar-refractivity contribution is 0.0689. The Kier molecular flexibility index (Phi) is 3.36. The van der Waals surface area contributed by atoms with Crippen molar-refractivity contribution in [3.8, 4) is 0 Å².